The molecular weight excluding hydrogens is 327 g/mol. The summed E-state index contributed by atoms with van der Waals surface area (Å²) in [5.74, 6) is -0.451. The molecule has 2 aromatic rings. The molecule has 100 valence electrons. The number of nitrogens with zero attached hydrogens (tertiary/aromatic N) is 3. The van der Waals surface area contributed by atoms with Crippen LogP contribution in [0.5, 0.6) is 0 Å². The molecular formula is C11H7BrF3N3O. The van der Waals surface area contributed by atoms with E-state index in [-0.39, 0.29) is 15.9 Å². The van der Waals surface area contributed by atoms with E-state index in [9.17, 15) is 18.0 Å². The molecule has 0 radical (unpaired) electrons. The maximum atomic E-state index is 12.4. The molecule has 4 nitrogen and oxygen atoms in total. The van der Waals surface area contributed by atoms with E-state index in [2.05, 4.69) is 26.2 Å². The van der Waals surface area contributed by atoms with Crippen LogP contribution in [0.2, 0.25) is 0 Å². The van der Waals surface area contributed by atoms with Gasteiger partial charge in [0.1, 0.15) is 5.69 Å². The summed E-state index contributed by atoms with van der Waals surface area (Å²) in [7, 11) is 1.52. The van der Waals surface area contributed by atoms with Gasteiger partial charge in [-0.15, -0.1) is 5.10 Å². The summed E-state index contributed by atoms with van der Waals surface area (Å²) in [6, 6.07) is 3.99. The molecule has 0 fully saturated rings. The van der Waals surface area contributed by atoms with Gasteiger partial charge in [-0.25, -0.2) is 4.68 Å². The fraction of sp³-hybridized carbons (Fsp3) is 0.182. The van der Waals surface area contributed by atoms with Crippen molar-refractivity contribution in [2.75, 3.05) is 0 Å². The Bertz CT molecular complexity index is 600. The summed E-state index contributed by atoms with van der Waals surface area (Å²) in [5.41, 5.74) is -0.481. The molecule has 1 aromatic carbocycles. The number of rotatable bonds is 2. The highest BCUT2D eigenvalue weighted by Crippen LogP contribution is 2.29. The fourth-order valence-corrected chi connectivity index (χ4v) is 2.03. The predicted octanol–water partition coefficient (Wildman–Crippen LogP) is 2.83. The molecule has 1 heterocycles. The lowest BCUT2D eigenvalue weighted by Crippen LogP contribution is -2.10. The van der Waals surface area contributed by atoms with Crippen molar-refractivity contribution in [3.8, 4) is 0 Å². The summed E-state index contributed by atoms with van der Waals surface area (Å²) in [6.07, 6.45) is -4.42. The van der Waals surface area contributed by atoms with Crippen LogP contribution in [0.4, 0.5) is 13.2 Å². The third kappa shape index (κ3) is 2.67. The van der Waals surface area contributed by atoms with E-state index in [0.717, 1.165) is 24.3 Å². The highest BCUT2D eigenvalue weighted by atomic mass is 79.9. The van der Waals surface area contributed by atoms with Crippen LogP contribution >= 0.6 is 15.9 Å². The topological polar surface area (TPSA) is 47.8 Å². The standard InChI is InChI=1S/C11H7BrF3N3O/c1-18-8(10(12)16-17-18)9(19)6-2-4-7(5-3-6)11(13,14)15/h2-5H,1H3. The van der Waals surface area contributed by atoms with Crippen LogP contribution < -0.4 is 0 Å². The van der Waals surface area contributed by atoms with Crippen LogP contribution in [0.1, 0.15) is 21.6 Å². The van der Waals surface area contributed by atoms with Gasteiger partial charge >= 0.3 is 6.18 Å². The number of carbonyl (C=O) groups is 1. The van der Waals surface area contributed by atoms with Gasteiger partial charge in [0.25, 0.3) is 0 Å². The highest BCUT2D eigenvalue weighted by molar-refractivity contribution is 9.10. The SMILES string of the molecule is Cn1nnc(Br)c1C(=O)c1ccc(C(F)(F)F)cc1. The second-order valence-electron chi connectivity index (χ2n) is 3.76. The quantitative estimate of drug-likeness (QED) is 0.794. The van der Waals surface area contributed by atoms with Gasteiger partial charge in [-0.05, 0) is 28.1 Å². The lowest BCUT2D eigenvalue weighted by atomic mass is 10.1. The lowest BCUT2D eigenvalue weighted by molar-refractivity contribution is -0.137. The summed E-state index contributed by atoms with van der Waals surface area (Å²) in [4.78, 5) is 12.1. The minimum absolute atomic E-state index is 0.138. The smallest absolute Gasteiger partial charge is 0.287 e. The van der Waals surface area contributed by atoms with Gasteiger partial charge in [-0.1, -0.05) is 17.3 Å². The zero-order chi connectivity index (χ0) is 14.2. The Morgan fingerprint density at radius 1 is 1.26 bits per heavy atom. The molecule has 0 aliphatic rings. The maximum Gasteiger partial charge on any atom is 0.416 e. The Hall–Kier alpha value is -1.70. The number of carbonyl (C=O) groups excluding carboxylic acids is 1. The van der Waals surface area contributed by atoms with Gasteiger partial charge in [0.15, 0.2) is 4.60 Å². The first-order valence-electron chi connectivity index (χ1n) is 5.08. The van der Waals surface area contributed by atoms with E-state index in [4.69, 9.17) is 0 Å². The van der Waals surface area contributed by atoms with Crippen molar-refractivity contribution >= 4 is 21.7 Å². The van der Waals surface area contributed by atoms with E-state index in [1.807, 2.05) is 0 Å². The van der Waals surface area contributed by atoms with Crippen LogP contribution in [-0.4, -0.2) is 20.8 Å². The van der Waals surface area contributed by atoms with Crippen molar-refractivity contribution in [1.29, 1.82) is 0 Å². The second-order valence-corrected chi connectivity index (χ2v) is 4.51. The van der Waals surface area contributed by atoms with Crippen molar-refractivity contribution in [2.24, 2.45) is 7.05 Å². The van der Waals surface area contributed by atoms with Crippen LogP contribution in [0.15, 0.2) is 28.9 Å². The Morgan fingerprint density at radius 3 is 2.26 bits per heavy atom. The molecule has 0 aliphatic carbocycles. The Balaban J connectivity index is 2.36. The number of hydrogen-bond acceptors (Lipinski definition) is 3. The number of aryl methyl sites for hydroxylation is 1. The Labute approximate surface area is 114 Å². The van der Waals surface area contributed by atoms with E-state index in [0.29, 0.717) is 0 Å². The molecule has 2 rings (SSSR count). The summed E-state index contributed by atoms with van der Waals surface area (Å²) >= 11 is 3.07. The number of hydrogen-bond donors (Lipinski definition) is 0. The molecule has 1 aromatic heterocycles. The van der Waals surface area contributed by atoms with Crippen molar-refractivity contribution in [3.63, 3.8) is 0 Å². The molecule has 0 spiro atoms. The molecule has 0 bridgehead atoms. The molecule has 0 unspecified atom stereocenters. The number of ketones is 1. The van der Waals surface area contributed by atoms with Gasteiger partial charge in [0.05, 0.1) is 5.56 Å². The van der Waals surface area contributed by atoms with Gasteiger partial charge in [0.2, 0.25) is 5.78 Å². The minimum Gasteiger partial charge on any atom is -0.287 e. The predicted molar refractivity (Wildman–Crippen MR) is 63.6 cm³/mol. The van der Waals surface area contributed by atoms with Crippen molar-refractivity contribution in [1.82, 2.24) is 15.0 Å². The Morgan fingerprint density at radius 2 is 1.84 bits per heavy atom. The molecule has 0 atom stereocenters. The van der Waals surface area contributed by atoms with E-state index in [1.54, 1.807) is 0 Å². The number of halogens is 4. The molecule has 0 N–H and O–H groups in total. The van der Waals surface area contributed by atoms with Crippen LogP contribution in [0.25, 0.3) is 0 Å². The van der Waals surface area contributed by atoms with Crippen LogP contribution in [-0.2, 0) is 13.2 Å². The third-order valence-corrected chi connectivity index (χ3v) is 3.01. The van der Waals surface area contributed by atoms with Gasteiger partial charge in [0, 0.05) is 12.6 Å². The minimum atomic E-state index is -4.42. The number of alkyl halides is 3. The highest BCUT2D eigenvalue weighted by Gasteiger charge is 2.30. The number of benzene rings is 1. The van der Waals surface area contributed by atoms with Crippen LogP contribution in [0.3, 0.4) is 0 Å². The summed E-state index contributed by atoms with van der Waals surface area (Å²) < 4.78 is 38.7. The van der Waals surface area contributed by atoms with Crippen molar-refractivity contribution in [2.45, 2.75) is 6.18 Å². The molecule has 0 saturated heterocycles. The Kier molecular flexibility index (Phi) is 3.44. The van der Waals surface area contributed by atoms with Gasteiger partial charge < -0.3 is 0 Å². The van der Waals surface area contributed by atoms with E-state index >= 15 is 0 Å². The molecule has 0 saturated carbocycles. The third-order valence-electron chi connectivity index (χ3n) is 2.48. The van der Waals surface area contributed by atoms with E-state index < -0.39 is 17.5 Å². The summed E-state index contributed by atoms with van der Waals surface area (Å²) in [6.45, 7) is 0. The van der Waals surface area contributed by atoms with E-state index in [1.165, 1.54) is 11.7 Å². The maximum absolute atomic E-state index is 12.4. The fourth-order valence-electron chi connectivity index (χ4n) is 1.52. The first kappa shape index (κ1) is 13.7. The van der Waals surface area contributed by atoms with Crippen molar-refractivity contribution < 1.29 is 18.0 Å². The second kappa shape index (κ2) is 4.76. The first-order chi connectivity index (χ1) is 8.80. The van der Waals surface area contributed by atoms with Crippen molar-refractivity contribution in [3.05, 3.63) is 45.7 Å². The zero-order valence-electron chi connectivity index (χ0n) is 9.57. The first-order valence-corrected chi connectivity index (χ1v) is 5.87. The number of aromatic nitrogens is 3. The molecule has 19 heavy (non-hydrogen) atoms. The average molecular weight is 334 g/mol. The monoisotopic (exact) mass is 333 g/mol. The van der Waals surface area contributed by atoms with Gasteiger partial charge in [-0.3, -0.25) is 4.79 Å². The average Bonchev–Trinajstić information content (AvgIpc) is 2.67. The molecule has 8 heteroatoms. The summed E-state index contributed by atoms with van der Waals surface area (Å²) in [5, 5.41) is 7.29. The van der Waals surface area contributed by atoms with Crippen LogP contribution in [0, 0.1) is 0 Å². The zero-order valence-corrected chi connectivity index (χ0v) is 11.2. The molecule has 0 aliphatic heterocycles. The lowest BCUT2D eigenvalue weighted by Gasteiger charge is -2.07. The van der Waals surface area contributed by atoms with Gasteiger partial charge in [-0.2, -0.15) is 13.2 Å². The normalized spacial score (nSPS) is 11.6. The largest absolute Gasteiger partial charge is 0.416 e. The molecule has 0 amide bonds.